The number of nitrogens with one attached hydrogen (secondary N) is 1. The molecule has 1 aromatic carbocycles. The van der Waals surface area contributed by atoms with Gasteiger partial charge < -0.3 is 20.1 Å². The van der Waals surface area contributed by atoms with E-state index in [4.69, 9.17) is 9.84 Å². The zero-order valence-corrected chi connectivity index (χ0v) is 11.4. The number of urea groups is 1. The normalized spacial score (nSPS) is 10.5. The molecule has 7 heteroatoms. The second kappa shape index (κ2) is 7.64. The number of aryl methyl sites for hydroxylation is 1. The van der Waals surface area contributed by atoms with Gasteiger partial charge in [-0.05, 0) is 18.6 Å². The highest BCUT2D eigenvalue weighted by Gasteiger charge is 2.10. The molecule has 0 aliphatic carbocycles. The molecule has 0 radical (unpaired) electrons. The summed E-state index contributed by atoms with van der Waals surface area (Å²) in [4.78, 5) is 13.0. The Morgan fingerprint density at radius 3 is 2.80 bits per heavy atom. The molecule has 0 heterocycles. The maximum atomic E-state index is 12.1. The summed E-state index contributed by atoms with van der Waals surface area (Å²) in [6.45, 7) is 1.10. The van der Waals surface area contributed by atoms with Gasteiger partial charge in [0.1, 0.15) is 12.4 Å². The summed E-state index contributed by atoms with van der Waals surface area (Å²) in [6, 6.07) is 4.41. The molecule has 20 heavy (non-hydrogen) atoms. The summed E-state index contributed by atoms with van der Waals surface area (Å²) in [6.07, 6.45) is -2.55. The summed E-state index contributed by atoms with van der Waals surface area (Å²) in [5.74, 6) is 0.299. The first-order valence-electron chi connectivity index (χ1n) is 6.08. The fourth-order valence-corrected chi connectivity index (χ4v) is 1.46. The van der Waals surface area contributed by atoms with Crippen molar-refractivity contribution < 1.29 is 23.4 Å². The van der Waals surface area contributed by atoms with Crippen LogP contribution in [0.4, 0.5) is 19.3 Å². The molecule has 112 valence electrons. The van der Waals surface area contributed by atoms with Crippen LogP contribution in [0.1, 0.15) is 5.56 Å². The van der Waals surface area contributed by atoms with Gasteiger partial charge in [-0.15, -0.1) is 0 Å². The van der Waals surface area contributed by atoms with Gasteiger partial charge in [0, 0.05) is 25.3 Å². The van der Waals surface area contributed by atoms with Crippen molar-refractivity contribution in [2.75, 3.05) is 32.1 Å². The topological polar surface area (TPSA) is 61.8 Å². The number of likely N-dealkylation sites (N-methyl/N-ethyl adjacent to an activating group) is 1. The van der Waals surface area contributed by atoms with Crippen LogP contribution < -0.4 is 10.1 Å². The largest absolute Gasteiger partial charge is 0.487 e. The quantitative estimate of drug-likeness (QED) is 0.842. The van der Waals surface area contributed by atoms with Crippen molar-refractivity contribution in [3.8, 4) is 5.75 Å². The summed E-state index contributed by atoms with van der Waals surface area (Å²) < 4.78 is 29.2. The number of aliphatic hydroxyl groups is 1. The molecule has 2 amide bonds. The van der Waals surface area contributed by atoms with E-state index >= 15 is 0 Å². The van der Waals surface area contributed by atoms with Crippen molar-refractivity contribution >= 4 is 11.7 Å². The number of hydrogen-bond acceptors (Lipinski definition) is 3. The highest BCUT2D eigenvalue weighted by atomic mass is 19.3. The predicted octanol–water partition coefficient (Wildman–Crippen LogP) is 2.09. The number of amides is 2. The van der Waals surface area contributed by atoms with Gasteiger partial charge in [-0.2, -0.15) is 0 Å². The minimum absolute atomic E-state index is 0.138. The van der Waals surface area contributed by atoms with Crippen LogP contribution in [0.5, 0.6) is 5.75 Å². The molecule has 0 saturated carbocycles. The Hall–Kier alpha value is -1.89. The number of carbonyl (C=O) groups is 1. The molecular formula is C13H18F2N2O3. The van der Waals surface area contributed by atoms with Crippen LogP contribution in [-0.2, 0) is 0 Å². The highest BCUT2D eigenvalue weighted by Crippen LogP contribution is 2.23. The van der Waals surface area contributed by atoms with Crippen LogP contribution in [0.15, 0.2) is 18.2 Å². The maximum Gasteiger partial charge on any atom is 0.321 e. The molecule has 2 N–H and O–H groups in total. The van der Waals surface area contributed by atoms with Crippen molar-refractivity contribution in [3.05, 3.63) is 23.8 Å². The van der Waals surface area contributed by atoms with Gasteiger partial charge in [0.05, 0.1) is 6.61 Å². The van der Waals surface area contributed by atoms with Crippen molar-refractivity contribution in [2.45, 2.75) is 13.3 Å². The predicted molar refractivity (Wildman–Crippen MR) is 71.4 cm³/mol. The molecule has 0 atom stereocenters. The van der Waals surface area contributed by atoms with E-state index in [0.717, 1.165) is 0 Å². The third kappa shape index (κ3) is 5.00. The molecule has 0 bridgehead atoms. The van der Waals surface area contributed by atoms with E-state index in [9.17, 15) is 13.6 Å². The third-order valence-corrected chi connectivity index (χ3v) is 2.59. The lowest BCUT2D eigenvalue weighted by atomic mass is 10.2. The highest BCUT2D eigenvalue weighted by molar-refractivity contribution is 5.89. The summed E-state index contributed by atoms with van der Waals surface area (Å²) in [7, 11) is 1.54. The van der Waals surface area contributed by atoms with E-state index in [-0.39, 0.29) is 13.2 Å². The number of aliphatic hydroxyl groups excluding tert-OH is 1. The average Bonchev–Trinajstić information content (AvgIpc) is 2.39. The van der Waals surface area contributed by atoms with E-state index in [1.54, 1.807) is 19.1 Å². The molecule has 0 aliphatic rings. The third-order valence-electron chi connectivity index (χ3n) is 2.59. The average molecular weight is 288 g/mol. The van der Waals surface area contributed by atoms with Crippen LogP contribution in [0.2, 0.25) is 0 Å². The maximum absolute atomic E-state index is 12.1. The number of hydrogen-bond donors (Lipinski definition) is 2. The number of benzene rings is 1. The van der Waals surface area contributed by atoms with Crippen LogP contribution in [-0.4, -0.2) is 49.3 Å². The minimum Gasteiger partial charge on any atom is -0.487 e. The van der Waals surface area contributed by atoms with Crippen LogP contribution >= 0.6 is 0 Å². The number of anilines is 1. The van der Waals surface area contributed by atoms with E-state index in [2.05, 4.69) is 5.32 Å². The van der Waals surface area contributed by atoms with Gasteiger partial charge in [-0.25, -0.2) is 13.6 Å². The number of alkyl halides is 2. The molecule has 1 aromatic rings. The monoisotopic (exact) mass is 288 g/mol. The Kier molecular flexibility index (Phi) is 6.17. The fourth-order valence-electron chi connectivity index (χ4n) is 1.46. The van der Waals surface area contributed by atoms with Crippen LogP contribution in [0, 0.1) is 6.92 Å². The van der Waals surface area contributed by atoms with Crippen LogP contribution in [0.25, 0.3) is 0 Å². The van der Waals surface area contributed by atoms with Gasteiger partial charge in [-0.3, -0.25) is 0 Å². The molecular weight excluding hydrogens is 270 g/mol. The van der Waals surface area contributed by atoms with Gasteiger partial charge in [0.25, 0.3) is 6.43 Å². The lowest BCUT2D eigenvalue weighted by Crippen LogP contribution is -2.33. The number of rotatable bonds is 6. The standard InChI is InChI=1S/C13H18F2N2O3/c1-9-3-4-10(7-11(9)20-8-12(14)15)16-13(19)17(2)5-6-18/h3-4,7,12,18H,5-6,8H2,1-2H3,(H,16,19). The summed E-state index contributed by atoms with van der Waals surface area (Å²) in [5.41, 5.74) is 1.14. The van der Waals surface area contributed by atoms with Gasteiger partial charge in [0.2, 0.25) is 0 Å². The second-order valence-electron chi connectivity index (χ2n) is 4.26. The molecule has 1 rings (SSSR count). The van der Waals surface area contributed by atoms with Crippen molar-refractivity contribution in [2.24, 2.45) is 0 Å². The first kappa shape index (κ1) is 16.2. The Morgan fingerprint density at radius 1 is 1.50 bits per heavy atom. The summed E-state index contributed by atoms with van der Waals surface area (Å²) in [5, 5.41) is 11.3. The van der Waals surface area contributed by atoms with Crippen molar-refractivity contribution in [3.63, 3.8) is 0 Å². The van der Waals surface area contributed by atoms with E-state index in [1.165, 1.54) is 18.0 Å². The Bertz CT molecular complexity index is 455. The molecule has 0 aliphatic heterocycles. The number of halogens is 2. The summed E-state index contributed by atoms with van der Waals surface area (Å²) >= 11 is 0. The molecule has 0 spiro atoms. The van der Waals surface area contributed by atoms with Crippen LogP contribution in [0.3, 0.4) is 0 Å². The van der Waals surface area contributed by atoms with Gasteiger partial charge >= 0.3 is 6.03 Å². The first-order chi connectivity index (χ1) is 9.43. The Morgan fingerprint density at radius 2 is 2.20 bits per heavy atom. The number of ether oxygens (including phenoxy) is 1. The molecule has 0 saturated heterocycles. The van der Waals surface area contributed by atoms with E-state index in [0.29, 0.717) is 17.0 Å². The first-order valence-corrected chi connectivity index (χ1v) is 6.08. The number of carbonyl (C=O) groups excluding carboxylic acids is 1. The molecule has 5 nitrogen and oxygen atoms in total. The Balaban J connectivity index is 2.71. The smallest absolute Gasteiger partial charge is 0.321 e. The molecule has 0 fully saturated rings. The number of nitrogens with zero attached hydrogens (tertiary/aromatic N) is 1. The van der Waals surface area contributed by atoms with Gasteiger partial charge in [0.15, 0.2) is 0 Å². The molecule has 0 unspecified atom stereocenters. The second-order valence-corrected chi connectivity index (χ2v) is 4.26. The molecule has 0 aromatic heterocycles. The Labute approximate surface area is 116 Å². The minimum atomic E-state index is -2.55. The zero-order valence-electron chi connectivity index (χ0n) is 11.4. The van der Waals surface area contributed by atoms with Crippen molar-refractivity contribution in [1.29, 1.82) is 0 Å². The van der Waals surface area contributed by atoms with E-state index < -0.39 is 19.1 Å². The van der Waals surface area contributed by atoms with Crippen molar-refractivity contribution in [1.82, 2.24) is 4.90 Å². The van der Waals surface area contributed by atoms with E-state index in [1.807, 2.05) is 0 Å². The fraction of sp³-hybridized carbons (Fsp3) is 0.462. The lowest BCUT2D eigenvalue weighted by molar-refractivity contribution is 0.0816. The SMILES string of the molecule is Cc1ccc(NC(=O)N(C)CCO)cc1OCC(F)F. The zero-order chi connectivity index (χ0) is 15.1. The lowest BCUT2D eigenvalue weighted by Gasteiger charge is -2.17. The van der Waals surface area contributed by atoms with Gasteiger partial charge in [-0.1, -0.05) is 6.07 Å².